The number of hydrogen-bond donors (Lipinski definition) is 1. The van der Waals surface area contributed by atoms with Crippen molar-refractivity contribution < 1.29 is 4.79 Å². The first kappa shape index (κ1) is 12.8. The Morgan fingerprint density at radius 1 is 1.39 bits per heavy atom. The van der Waals surface area contributed by atoms with Gasteiger partial charge in [0, 0.05) is 18.7 Å². The molecule has 5 heteroatoms. The molecule has 18 heavy (non-hydrogen) atoms. The van der Waals surface area contributed by atoms with Gasteiger partial charge in [0.1, 0.15) is 0 Å². The molecule has 2 aromatic rings. The van der Waals surface area contributed by atoms with Crippen molar-refractivity contribution in [3.63, 3.8) is 0 Å². The Bertz CT molecular complexity index is 587. The van der Waals surface area contributed by atoms with Crippen LogP contribution in [0.3, 0.4) is 0 Å². The van der Waals surface area contributed by atoms with E-state index in [0.717, 1.165) is 28.9 Å². The van der Waals surface area contributed by atoms with E-state index in [1.54, 1.807) is 0 Å². The van der Waals surface area contributed by atoms with E-state index in [4.69, 9.17) is 5.73 Å². The Morgan fingerprint density at radius 2 is 2.06 bits per heavy atom. The molecule has 0 spiro atoms. The lowest BCUT2D eigenvalue weighted by Gasteiger charge is -2.18. The minimum Gasteiger partial charge on any atom is -0.375 e. The van der Waals surface area contributed by atoms with Crippen molar-refractivity contribution in [3.05, 3.63) is 23.3 Å². The molecule has 1 aromatic heterocycles. The first-order valence-corrected chi connectivity index (χ1v) is 6.84. The van der Waals surface area contributed by atoms with Crippen LogP contribution in [0.5, 0.6) is 0 Å². The van der Waals surface area contributed by atoms with Gasteiger partial charge in [-0.1, -0.05) is 11.3 Å². The molecular weight excluding hydrogens is 246 g/mol. The zero-order chi connectivity index (χ0) is 13.3. The summed E-state index contributed by atoms with van der Waals surface area (Å²) in [5, 5.41) is 0.542. The average molecular weight is 263 g/mol. The molecule has 0 aliphatic carbocycles. The summed E-state index contributed by atoms with van der Waals surface area (Å²) in [5.41, 5.74) is 8.32. The van der Waals surface area contributed by atoms with Crippen molar-refractivity contribution >= 4 is 32.6 Å². The third kappa shape index (κ3) is 2.18. The minimum absolute atomic E-state index is 0.0666. The molecule has 1 aromatic carbocycles. The molecule has 1 amide bonds. The highest BCUT2D eigenvalue weighted by molar-refractivity contribution is 7.22. The van der Waals surface area contributed by atoms with Crippen LogP contribution in [-0.2, 0) is 0 Å². The Hall–Kier alpha value is -1.62. The summed E-state index contributed by atoms with van der Waals surface area (Å²) in [4.78, 5) is 18.4. The second-order valence-corrected chi connectivity index (χ2v) is 5.23. The van der Waals surface area contributed by atoms with Crippen molar-refractivity contribution in [3.8, 4) is 0 Å². The number of fused-ring (bicyclic) bond motifs is 1. The first-order chi connectivity index (χ1) is 8.56. The number of benzene rings is 1. The topological polar surface area (TPSA) is 59.2 Å². The van der Waals surface area contributed by atoms with E-state index < -0.39 is 0 Å². The van der Waals surface area contributed by atoms with Gasteiger partial charge in [-0.2, -0.15) is 0 Å². The molecule has 0 radical (unpaired) electrons. The number of amides is 1. The predicted octanol–water partition coefficient (Wildman–Crippen LogP) is 2.67. The highest BCUT2D eigenvalue weighted by Crippen LogP contribution is 2.28. The third-order valence-electron chi connectivity index (χ3n) is 3.00. The first-order valence-electron chi connectivity index (χ1n) is 6.02. The van der Waals surface area contributed by atoms with Gasteiger partial charge in [0.05, 0.1) is 10.2 Å². The molecule has 0 bridgehead atoms. The number of carbonyl (C=O) groups excluding carboxylic acids is 1. The van der Waals surface area contributed by atoms with Crippen molar-refractivity contribution in [2.45, 2.75) is 20.8 Å². The summed E-state index contributed by atoms with van der Waals surface area (Å²) in [5.74, 6) is 0.0666. The molecule has 0 aliphatic heterocycles. The standard InChI is InChI=1S/C13H17N3OS/c1-4-16(5-2)12(17)9-6-8(3)11-10(7-9)18-13(14)15-11/h6-7H,4-5H2,1-3H3,(H2,14,15). The number of rotatable bonds is 3. The maximum absolute atomic E-state index is 12.3. The smallest absolute Gasteiger partial charge is 0.253 e. The van der Waals surface area contributed by atoms with Gasteiger partial charge in [-0.05, 0) is 38.5 Å². The molecule has 0 fully saturated rings. The number of nitrogens with zero attached hydrogens (tertiary/aromatic N) is 2. The molecule has 0 saturated heterocycles. The highest BCUT2D eigenvalue weighted by atomic mass is 32.1. The molecule has 4 nitrogen and oxygen atoms in total. The van der Waals surface area contributed by atoms with Gasteiger partial charge in [-0.3, -0.25) is 4.79 Å². The fourth-order valence-electron chi connectivity index (χ4n) is 2.03. The van der Waals surface area contributed by atoms with Crippen molar-refractivity contribution in [1.29, 1.82) is 0 Å². The quantitative estimate of drug-likeness (QED) is 0.926. The maximum Gasteiger partial charge on any atom is 0.253 e. The van der Waals surface area contributed by atoms with Gasteiger partial charge >= 0.3 is 0 Å². The van der Waals surface area contributed by atoms with E-state index in [1.807, 2.05) is 37.8 Å². The average Bonchev–Trinajstić information content (AvgIpc) is 2.71. The summed E-state index contributed by atoms with van der Waals surface area (Å²) in [6.45, 7) is 7.37. The molecule has 1 heterocycles. The maximum atomic E-state index is 12.3. The molecule has 0 unspecified atom stereocenters. The van der Waals surface area contributed by atoms with Crippen LogP contribution in [0.25, 0.3) is 10.2 Å². The lowest BCUT2D eigenvalue weighted by Crippen LogP contribution is -2.30. The van der Waals surface area contributed by atoms with Gasteiger partial charge < -0.3 is 10.6 Å². The monoisotopic (exact) mass is 263 g/mol. The molecule has 0 saturated carbocycles. The van der Waals surface area contributed by atoms with Crippen molar-refractivity contribution in [2.75, 3.05) is 18.8 Å². The zero-order valence-electron chi connectivity index (χ0n) is 10.9. The number of aromatic nitrogens is 1. The Labute approximate surface area is 110 Å². The SMILES string of the molecule is CCN(CC)C(=O)c1cc(C)c2nc(N)sc2c1. The molecule has 0 atom stereocenters. The van der Waals surface area contributed by atoms with Crippen LogP contribution in [0.1, 0.15) is 29.8 Å². The molecule has 2 rings (SSSR count). The van der Waals surface area contributed by atoms with Gasteiger partial charge in [-0.15, -0.1) is 0 Å². The number of hydrogen-bond acceptors (Lipinski definition) is 4. The Morgan fingerprint density at radius 3 is 2.67 bits per heavy atom. The number of carbonyl (C=O) groups is 1. The van der Waals surface area contributed by atoms with Crippen LogP contribution in [0.2, 0.25) is 0 Å². The van der Waals surface area contributed by atoms with Crippen LogP contribution >= 0.6 is 11.3 Å². The van der Waals surface area contributed by atoms with Crippen molar-refractivity contribution in [2.24, 2.45) is 0 Å². The van der Waals surface area contributed by atoms with E-state index in [2.05, 4.69) is 4.98 Å². The van der Waals surface area contributed by atoms with Crippen LogP contribution in [0.4, 0.5) is 5.13 Å². The van der Waals surface area contributed by atoms with Crippen LogP contribution in [0.15, 0.2) is 12.1 Å². The van der Waals surface area contributed by atoms with Crippen LogP contribution < -0.4 is 5.73 Å². The summed E-state index contributed by atoms with van der Waals surface area (Å²) >= 11 is 1.42. The number of nitrogens with two attached hydrogens (primary N) is 1. The van der Waals surface area contributed by atoms with Crippen molar-refractivity contribution in [1.82, 2.24) is 9.88 Å². The lowest BCUT2D eigenvalue weighted by molar-refractivity contribution is 0.0773. The van der Waals surface area contributed by atoms with Gasteiger partial charge in [0.15, 0.2) is 5.13 Å². The van der Waals surface area contributed by atoms with Gasteiger partial charge in [0.2, 0.25) is 0 Å². The number of aryl methyl sites for hydroxylation is 1. The molecule has 96 valence electrons. The van der Waals surface area contributed by atoms with E-state index >= 15 is 0 Å². The Kier molecular flexibility index (Phi) is 3.52. The van der Waals surface area contributed by atoms with Gasteiger partial charge in [0.25, 0.3) is 5.91 Å². The van der Waals surface area contributed by atoms with E-state index in [9.17, 15) is 4.79 Å². The zero-order valence-corrected chi connectivity index (χ0v) is 11.7. The van der Waals surface area contributed by atoms with E-state index in [0.29, 0.717) is 10.7 Å². The highest BCUT2D eigenvalue weighted by Gasteiger charge is 2.15. The van der Waals surface area contributed by atoms with E-state index in [-0.39, 0.29) is 5.91 Å². The minimum atomic E-state index is 0.0666. The lowest BCUT2D eigenvalue weighted by atomic mass is 10.1. The molecular formula is C13H17N3OS. The fourth-order valence-corrected chi connectivity index (χ4v) is 2.88. The summed E-state index contributed by atoms with van der Waals surface area (Å²) < 4.78 is 0.975. The second-order valence-electron chi connectivity index (χ2n) is 4.17. The molecule has 2 N–H and O–H groups in total. The third-order valence-corrected chi connectivity index (χ3v) is 3.83. The Balaban J connectivity index is 2.49. The van der Waals surface area contributed by atoms with E-state index in [1.165, 1.54) is 11.3 Å². The number of nitrogen functional groups attached to an aromatic ring is 1. The summed E-state index contributed by atoms with van der Waals surface area (Å²) in [7, 11) is 0. The summed E-state index contributed by atoms with van der Waals surface area (Å²) in [6, 6.07) is 3.78. The fraction of sp³-hybridized carbons (Fsp3) is 0.385. The predicted molar refractivity (Wildman–Crippen MR) is 76.0 cm³/mol. The second kappa shape index (κ2) is 4.94. The number of anilines is 1. The summed E-state index contributed by atoms with van der Waals surface area (Å²) in [6.07, 6.45) is 0. The molecule has 0 aliphatic rings. The van der Waals surface area contributed by atoms with Crippen LogP contribution in [0, 0.1) is 6.92 Å². The normalized spacial score (nSPS) is 10.8. The van der Waals surface area contributed by atoms with Gasteiger partial charge in [-0.25, -0.2) is 4.98 Å². The largest absolute Gasteiger partial charge is 0.375 e. The van der Waals surface area contributed by atoms with Crippen LogP contribution in [-0.4, -0.2) is 28.9 Å². The number of thiazole rings is 1.